The highest BCUT2D eigenvalue weighted by Crippen LogP contribution is 2.33. The standard InChI is InChI=1S/C14H20N4/c1-9(2)10-3-5-11(6-4-10)13(12-7-8-12)17-18-14(15)16/h3-6,9,12H,7-8H2,1-2H3,(H4,15,16,18)/b17-13+. The third-order valence-electron chi connectivity index (χ3n) is 3.11. The van der Waals surface area contributed by atoms with E-state index in [1.807, 2.05) is 0 Å². The van der Waals surface area contributed by atoms with Crippen molar-refractivity contribution in [2.45, 2.75) is 32.6 Å². The maximum absolute atomic E-state index is 5.32. The van der Waals surface area contributed by atoms with Crippen LogP contribution in [-0.4, -0.2) is 11.7 Å². The maximum Gasteiger partial charge on any atom is 0.211 e. The molecule has 1 aromatic rings. The molecule has 0 saturated heterocycles. The monoisotopic (exact) mass is 244 g/mol. The predicted molar refractivity (Wildman–Crippen MR) is 75.6 cm³/mol. The van der Waals surface area contributed by atoms with E-state index < -0.39 is 0 Å². The molecule has 1 aliphatic carbocycles. The fourth-order valence-electron chi connectivity index (χ4n) is 1.88. The number of hydrogen-bond acceptors (Lipinski definition) is 2. The van der Waals surface area contributed by atoms with Crippen molar-refractivity contribution in [3.8, 4) is 0 Å². The van der Waals surface area contributed by atoms with Gasteiger partial charge in [0.05, 0.1) is 5.71 Å². The fourth-order valence-corrected chi connectivity index (χ4v) is 1.88. The molecule has 0 amide bonds. The first-order valence-corrected chi connectivity index (χ1v) is 6.34. The molecule has 4 nitrogen and oxygen atoms in total. The molecule has 1 saturated carbocycles. The molecule has 0 unspecified atom stereocenters. The Morgan fingerprint density at radius 1 is 1.11 bits per heavy atom. The number of guanidine groups is 1. The SMILES string of the molecule is CC(C)c1ccc(/C(=N\N=C(N)N)C2CC2)cc1. The first-order chi connectivity index (χ1) is 8.58. The van der Waals surface area contributed by atoms with E-state index in [0.717, 1.165) is 11.3 Å². The van der Waals surface area contributed by atoms with Gasteiger partial charge in [-0.25, -0.2) is 0 Å². The molecule has 0 spiro atoms. The highest BCUT2D eigenvalue weighted by atomic mass is 15.3. The van der Waals surface area contributed by atoms with E-state index in [1.165, 1.54) is 18.4 Å². The van der Waals surface area contributed by atoms with E-state index in [0.29, 0.717) is 11.8 Å². The summed E-state index contributed by atoms with van der Waals surface area (Å²) < 4.78 is 0. The number of benzene rings is 1. The van der Waals surface area contributed by atoms with Crippen molar-refractivity contribution in [3.05, 3.63) is 35.4 Å². The second kappa shape index (κ2) is 5.21. The lowest BCUT2D eigenvalue weighted by Gasteiger charge is -2.08. The van der Waals surface area contributed by atoms with E-state index in [-0.39, 0.29) is 5.96 Å². The van der Waals surface area contributed by atoms with Crippen molar-refractivity contribution in [2.75, 3.05) is 0 Å². The molecule has 0 aromatic heterocycles. The Bertz CT molecular complexity index is 463. The zero-order chi connectivity index (χ0) is 13.1. The normalized spacial score (nSPS) is 15.8. The van der Waals surface area contributed by atoms with Crippen molar-refractivity contribution < 1.29 is 0 Å². The zero-order valence-electron chi connectivity index (χ0n) is 10.9. The zero-order valence-corrected chi connectivity index (χ0v) is 10.9. The van der Waals surface area contributed by atoms with Crippen LogP contribution in [0.5, 0.6) is 0 Å². The second-order valence-electron chi connectivity index (χ2n) is 5.06. The molecule has 2 rings (SSSR count). The summed E-state index contributed by atoms with van der Waals surface area (Å²) in [6, 6.07) is 8.50. The molecule has 1 fully saturated rings. The fraction of sp³-hybridized carbons (Fsp3) is 0.429. The Hall–Kier alpha value is -1.84. The Morgan fingerprint density at radius 3 is 2.17 bits per heavy atom. The largest absolute Gasteiger partial charge is 0.369 e. The van der Waals surface area contributed by atoms with Gasteiger partial charge in [-0.05, 0) is 29.9 Å². The highest BCUT2D eigenvalue weighted by Gasteiger charge is 2.28. The van der Waals surface area contributed by atoms with Crippen LogP contribution in [0.2, 0.25) is 0 Å². The van der Waals surface area contributed by atoms with Crippen LogP contribution >= 0.6 is 0 Å². The summed E-state index contributed by atoms with van der Waals surface area (Å²) in [5.74, 6) is 1.06. The average molecular weight is 244 g/mol. The quantitative estimate of drug-likeness (QED) is 0.484. The molecule has 0 atom stereocenters. The van der Waals surface area contributed by atoms with Crippen LogP contribution < -0.4 is 11.5 Å². The van der Waals surface area contributed by atoms with E-state index in [1.54, 1.807) is 0 Å². The first-order valence-electron chi connectivity index (χ1n) is 6.34. The lowest BCUT2D eigenvalue weighted by atomic mass is 9.99. The molecular formula is C14H20N4. The van der Waals surface area contributed by atoms with E-state index in [4.69, 9.17) is 11.5 Å². The van der Waals surface area contributed by atoms with Crippen LogP contribution in [0, 0.1) is 5.92 Å². The van der Waals surface area contributed by atoms with Crippen molar-refractivity contribution in [3.63, 3.8) is 0 Å². The van der Waals surface area contributed by atoms with E-state index >= 15 is 0 Å². The Balaban J connectivity index is 2.26. The predicted octanol–water partition coefficient (Wildman–Crippen LogP) is 2.20. The molecule has 18 heavy (non-hydrogen) atoms. The summed E-state index contributed by atoms with van der Waals surface area (Å²) in [4.78, 5) is 0. The summed E-state index contributed by atoms with van der Waals surface area (Å²) in [6.45, 7) is 4.37. The summed E-state index contributed by atoms with van der Waals surface area (Å²) in [7, 11) is 0. The Morgan fingerprint density at radius 2 is 1.72 bits per heavy atom. The highest BCUT2D eigenvalue weighted by molar-refractivity contribution is 6.03. The molecule has 96 valence electrons. The van der Waals surface area contributed by atoms with Crippen LogP contribution in [0.25, 0.3) is 0 Å². The maximum atomic E-state index is 5.32. The molecule has 4 N–H and O–H groups in total. The molecule has 0 radical (unpaired) electrons. The number of nitrogens with zero attached hydrogens (tertiary/aromatic N) is 2. The van der Waals surface area contributed by atoms with Crippen molar-refractivity contribution >= 4 is 11.7 Å². The number of hydrogen-bond donors (Lipinski definition) is 2. The third kappa shape index (κ3) is 3.09. The van der Waals surface area contributed by atoms with E-state index in [9.17, 15) is 0 Å². The van der Waals surface area contributed by atoms with E-state index in [2.05, 4.69) is 48.3 Å². The molecule has 0 bridgehead atoms. The van der Waals surface area contributed by atoms with Crippen molar-refractivity contribution in [1.29, 1.82) is 0 Å². The van der Waals surface area contributed by atoms with Gasteiger partial charge in [-0.2, -0.15) is 5.10 Å². The summed E-state index contributed by atoms with van der Waals surface area (Å²) in [5.41, 5.74) is 14.1. The molecule has 0 aliphatic heterocycles. The molecular weight excluding hydrogens is 224 g/mol. The summed E-state index contributed by atoms with van der Waals surface area (Å²) >= 11 is 0. The van der Waals surface area contributed by atoms with Gasteiger partial charge in [0.25, 0.3) is 0 Å². The van der Waals surface area contributed by atoms with Gasteiger partial charge in [-0.1, -0.05) is 38.1 Å². The lowest BCUT2D eigenvalue weighted by Crippen LogP contribution is -2.22. The van der Waals surface area contributed by atoms with Crippen LogP contribution in [0.3, 0.4) is 0 Å². The van der Waals surface area contributed by atoms with Gasteiger partial charge in [0.15, 0.2) is 0 Å². The smallest absolute Gasteiger partial charge is 0.211 e. The molecule has 1 aliphatic rings. The number of rotatable bonds is 4. The van der Waals surface area contributed by atoms with Crippen LogP contribution in [0.4, 0.5) is 0 Å². The van der Waals surface area contributed by atoms with Gasteiger partial charge in [0, 0.05) is 5.92 Å². The van der Waals surface area contributed by atoms with Crippen LogP contribution in [0.15, 0.2) is 34.5 Å². The minimum absolute atomic E-state index is 0.00644. The Labute approximate surface area is 108 Å². The van der Waals surface area contributed by atoms with Gasteiger partial charge in [0.1, 0.15) is 0 Å². The Kier molecular flexibility index (Phi) is 3.65. The second-order valence-corrected chi connectivity index (χ2v) is 5.06. The van der Waals surface area contributed by atoms with Gasteiger partial charge in [-0.3, -0.25) is 0 Å². The van der Waals surface area contributed by atoms with Crippen LogP contribution in [-0.2, 0) is 0 Å². The lowest BCUT2D eigenvalue weighted by molar-refractivity contribution is 0.866. The molecule has 4 heteroatoms. The van der Waals surface area contributed by atoms with Crippen molar-refractivity contribution in [1.82, 2.24) is 0 Å². The minimum atomic E-state index is 0.00644. The van der Waals surface area contributed by atoms with Crippen molar-refractivity contribution in [2.24, 2.45) is 27.6 Å². The summed E-state index contributed by atoms with van der Waals surface area (Å²) in [5, 5.41) is 7.96. The van der Waals surface area contributed by atoms with Crippen LogP contribution in [0.1, 0.15) is 43.7 Å². The third-order valence-corrected chi connectivity index (χ3v) is 3.11. The average Bonchev–Trinajstić information content (AvgIpc) is 3.14. The van der Waals surface area contributed by atoms with Gasteiger partial charge >= 0.3 is 0 Å². The first kappa shape index (κ1) is 12.6. The topological polar surface area (TPSA) is 76.8 Å². The summed E-state index contributed by atoms with van der Waals surface area (Å²) in [6.07, 6.45) is 2.34. The molecule has 0 heterocycles. The number of nitrogens with two attached hydrogens (primary N) is 2. The minimum Gasteiger partial charge on any atom is -0.369 e. The molecule has 1 aromatic carbocycles. The van der Waals surface area contributed by atoms with Gasteiger partial charge < -0.3 is 11.5 Å². The van der Waals surface area contributed by atoms with Gasteiger partial charge in [-0.15, -0.1) is 5.10 Å². The van der Waals surface area contributed by atoms with Gasteiger partial charge in [0.2, 0.25) is 5.96 Å².